The number of halogens is 1. The van der Waals surface area contributed by atoms with Crippen molar-refractivity contribution < 1.29 is 0 Å². The molecule has 1 aromatic carbocycles. The van der Waals surface area contributed by atoms with E-state index in [1.807, 2.05) is 30.3 Å². The Morgan fingerprint density at radius 2 is 1.87 bits per heavy atom. The lowest BCUT2D eigenvalue weighted by Gasteiger charge is -2.00. The van der Waals surface area contributed by atoms with Crippen LogP contribution in [0.4, 0.5) is 0 Å². The molecule has 0 aliphatic carbocycles. The van der Waals surface area contributed by atoms with Crippen molar-refractivity contribution in [3.05, 3.63) is 59.2 Å². The van der Waals surface area contributed by atoms with Crippen molar-refractivity contribution in [1.82, 2.24) is 4.98 Å². The summed E-state index contributed by atoms with van der Waals surface area (Å²) in [5.74, 6) is 0.940. The van der Waals surface area contributed by atoms with E-state index in [0.717, 1.165) is 10.8 Å². The Kier molecular flexibility index (Phi) is 3.64. The highest BCUT2D eigenvalue weighted by molar-refractivity contribution is 7.98. The van der Waals surface area contributed by atoms with E-state index < -0.39 is 0 Å². The second-order valence-electron chi connectivity index (χ2n) is 3.09. The van der Waals surface area contributed by atoms with E-state index in [-0.39, 0.29) is 0 Å². The fourth-order valence-electron chi connectivity index (χ4n) is 1.18. The molecule has 15 heavy (non-hydrogen) atoms. The molecule has 0 saturated heterocycles. The minimum Gasteiger partial charge on any atom is -0.248 e. The molecule has 1 aromatic heterocycles. The van der Waals surface area contributed by atoms with Gasteiger partial charge in [-0.1, -0.05) is 41.9 Å². The first-order chi connectivity index (χ1) is 7.34. The number of thioether (sulfide) groups is 1. The third-order valence-corrected chi connectivity index (χ3v) is 3.17. The number of aromatic nitrogens is 1. The van der Waals surface area contributed by atoms with Crippen LogP contribution in [0.25, 0.3) is 0 Å². The van der Waals surface area contributed by atoms with Crippen molar-refractivity contribution in [3.8, 4) is 0 Å². The largest absolute Gasteiger partial charge is 0.248 e. The lowest BCUT2D eigenvalue weighted by molar-refractivity contribution is 1.13. The molecule has 0 saturated carbocycles. The number of hydrogen-bond acceptors (Lipinski definition) is 2. The molecule has 0 spiro atoms. The summed E-state index contributed by atoms with van der Waals surface area (Å²) in [6.07, 6.45) is 1.68. The molecule has 0 atom stereocenters. The Balaban J connectivity index is 1.96. The predicted molar refractivity (Wildman–Crippen MR) is 65.3 cm³/mol. The lowest BCUT2D eigenvalue weighted by atomic mass is 10.2. The number of rotatable bonds is 3. The molecule has 1 nitrogen and oxygen atoms in total. The van der Waals surface area contributed by atoms with E-state index in [0.29, 0.717) is 5.02 Å². The summed E-state index contributed by atoms with van der Waals surface area (Å²) in [4.78, 5) is 4.22. The summed E-state index contributed by atoms with van der Waals surface area (Å²) in [5, 5.41) is 1.68. The van der Waals surface area contributed by atoms with Crippen molar-refractivity contribution in [2.45, 2.75) is 10.8 Å². The van der Waals surface area contributed by atoms with Gasteiger partial charge < -0.3 is 0 Å². The first kappa shape index (κ1) is 10.5. The molecule has 2 aromatic rings. The molecule has 0 fully saturated rings. The van der Waals surface area contributed by atoms with E-state index in [4.69, 9.17) is 11.6 Å². The second-order valence-corrected chi connectivity index (χ2v) is 4.52. The molecule has 0 unspecified atom stereocenters. The number of hydrogen-bond donors (Lipinski definition) is 0. The SMILES string of the molecule is Clc1ccc(SCc2ccccc2)nc1. The van der Waals surface area contributed by atoms with Gasteiger partial charge in [-0.05, 0) is 17.7 Å². The van der Waals surface area contributed by atoms with E-state index in [9.17, 15) is 0 Å². The van der Waals surface area contributed by atoms with Crippen LogP contribution >= 0.6 is 23.4 Å². The van der Waals surface area contributed by atoms with Gasteiger partial charge in [0.2, 0.25) is 0 Å². The minimum absolute atomic E-state index is 0.680. The summed E-state index contributed by atoms with van der Waals surface area (Å²) >= 11 is 7.47. The third kappa shape index (κ3) is 3.26. The van der Waals surface area contributed by atoms with Gasteiger partial charge in [0, 0.05) is 11.9 Å². The molecule has 0 radical (unpaired) electrons. The molecule has 1 heterocycles. The minimum atomic E-state index is 0.680. The molecule has 0 aliphatic rings. The van der Waals surface area contributed by atoms with Gasteiger partial charge in [0.25, 0.3) is 0 Å². The van der Waals surface area contributed by atoms with Crippen LogP contribution < -0.4 is 0 Å². The van der Waals surface area contributed by atoms with Gasteiger partial charge in [-0.2, -0.15) is 0 Å². The van der Waals surface area contributed by atoms with Crippen molar-refractivity contribution in [1.29, 1.82) is 0 Å². The maximum Gasteiger partial charge on any atom is 0.0964 e. The lowest BCUT2D eigenvalue weighted by Crippen LogP contribution is -1.82. The third-order valence-electron chi connectivity index (χ3n) is 1.93. The van der Waals surface area contributed by atoms with Gasteiger partial charge in [-0.15, -0.1) is 11.8 Å². The quantitative estimate of drug-likeness (QED) is 0.745. The van der Waals surface area contributed by atoms with E-state index >= 15 is 0 Å². The van der Waals surface area contributed by atoms with Crippen molar-refractivity contribution in [3.63, 3.8) is 0 Å². The molecule has 3 heteroatoms. The van der Waals surface area contributed by atoms with Crippen molar-refractivity contribution >= 4 is 23.4 Å². The maximum absolute atomic E-state index is 5.76. The smallest absolute Gasteiger partial charge is 0.0964 e. The molecule has 0 N–H and O–H groups in total. The standard InChI is InChI=1S/C12H10ClNS/c13-11-6-7-12(14-8-11)15-9-10-4-2-1-3-5-10/h1-8H,9H2. The van der Waals surface area contributed by atoms with Crippen LogP contribution in [0.5, 0.6) is 0 Å². The van der Waals surface area contributed by atoms with Gasteiger partial charge in [0.1, 0.15) is 0 Å². The highest BCUT2D eigenvalue weighted by Gasteiger charge is 1.96. The highest BCUT2D eigenvalue weighted by atomic mass is 35.5. The van der Waals surface area contributed by atoms with E-state index in [1.165, 1.54) is 5.56 Å². The van der Waals surface area contributed by atoms with Crippen LogP contribution in [0, 0.1) is 0 Å². The van der Waals surface area contributed by atoms with Crippen LogP contribution in [0.15, 0.2) is 53.7 Å². The van der Waals surface area contributed by atoms with E-state index in [2.05, 4.69) is 17.1 Å². The Labute approximate surface area is 98.5 Å². The summed E-state index contributed by atoms with van der Waals surface area (Å²) in [6, 6.07) is 14.1. The average molecular weight is 236 g/mol. The van der Waals surface area contributed by atoms with Crippen LogP contribution in [-0.2, 0) is 5.75 Å². The Hall–Kier alpha value is -0.990. The molecule has 0 amide bonds. The first-order valence-corrected chi connectivity index (χ1v) is 5.99. The number of nitrogens with zero attached hydrogens (tertiary/aromatic N) is 1. The monoisotopic (exact) mass is 235 g/mol. The normalized spacial score (nSPS) is 10.2. The van der Waals surface area contributed by atoms with Crippen LogP contribution in [0.1, 0.15) is 5.56 Å². The Bertz CT molecular complexity index is 413. The summed E-state index contributed by atoms with van der Waals surface area (Å²) in [6.45, 7) is 0. The zero-order valence-corrected chi connectivity index (χ0v) is 9.63. The average Bonchev–Trinajstić information content (AvgIpc) is 2.30. The summed E-state index contributed by atoms with van der Waals surface area (Å²) < 4.78 is 0. The molecule has 2 rings (SSSR count). The molecular formula is C12H10ClNS. The zero-order valence-electron chi connectivity index (χ0n) is 8.06. The molecular weight excluding hydrogens is 226 g/mol. The summed E-state index contributed by atoms with van der Waals surface area (Å²) in [5.41, 5.74) is 1.30. The highest BCUT2D eigenvalue weighted by Crippen LogP contribution is 2.21. The van der Waals surface area contributed by atoms with Gasteiger partial charge in [0.05, 0.1) is 10.0 Å². The maximum atomic E-state index is 5.76. The summed E-state index contributed by atoms with van der Waals surface area (Å²) in [7, 11) is 0. The zero-order chi connectivity index (χ0) is 10.5. The van der Waals surface area contributed by atoms with Gasteiger partial charge in [-0.25, -0.2) is 4.98 Å². The van der Waals surface area contributed by atoms with Gasteiger partial charge in [0.15, 0.2) is 0 Å². The van der Waals surface area contributed by atoms with Gasteiger partial charge >= 0.3 is 0 Å². The fraction of sp³-hybridized carbons (Fsp3) is 0.0833. The van der Waals surface area contributed by atoms with E-state index in [1.54, 1.807) is 18.0 Å². The Morgan fingerprint density at radius 1 is 1.07 bits per heavy atom. The topological polar surface area (TPSA) is 12.9 Å². The predicted octanol–water partition coefficient (Wildman–Crippen LogP) is 4.03. The van der Waals surface area contributed by atoms with Crippen molar-refractivity contribution in [2.75, 3.05) is 0 Å². The second kappa shape index (κ2) is 5.19. The van der Waals surface area contributed by atoms with Gasteiger partial charge in [-0.3, -0.25) is 0 Å². The number of pyridine rings is 1. The van der Waals surface area contributed by atoms with Crippen LogP contribution in [0.2, 0.25) is 5.02 Å². The first-order valence-electron chi connectivity index (χ1n) is 4.63. The fourth-order valence-corrected chi connectivity index (χ4v) is 2.09. The number of benzene rings is 1. The molecule has 76 valence electrons. The van der Waals surface area contributed by atoms with Crippen molar-refractivity contribution in [2.24, 2.45) is 0 Å². The van der Waals surface area contributed by atoms with Crippen LogP contribution in [0.3, 0.4) is 0 Å². The van der Waals surface area contributed by atoms with Crippen LogP contribution in [-0.4, -0.2) is 4.98 Å². The Morgan fingerprint density at radius 3 is 2.53 bits per heavy atom. The molecule has 0 aliphatic heterocycles. The molecule has 0 bridgehead atoms.